The second-order valence-corrected chi connectivity index (χ2v) is 4.87. The first-order valence-electron chi connectivity index (χ1n) is 7.57. The third-order valence-corrected chi connectivity index (χ3v) is 2.87. The van der Waals surface area contributed by atoms with Crippen molar-refractivity contribution in [2.45, 2.75) is 91.3 Å². The van der Waals surface area contributed by atoms with E-state index in [1.807, 2.05) is 0 Å². The highest BCUT2D eigenvalue weighted by Gasteiger charge is 2.08. The topological polar surface area (TPSA) is 40.5 Å². The van der Waals surface area contributed by atoms with Crippen LogP contribution in [0, 0.1) is 0 Å². The Morgan fingerprint density at radius 3 is 1.94 bits per heavy atom. The van der Waals surface area contributed by atoms with E-state index in [0.717, 1.165) is 25.7 Å². The van der Waals surface area contributed by atoms with Gasteiger partial charge in [-0.05, 0) is 33.1 Å². The normalized spacial score (nSPS) is 14.1. The summed E-state index contributed by atoms with van der Waals surface area (Å²) in [6.45, 7) is 8.05. The minimum atomic E-state index is -0.572. The first kappa shape index (κ1) is 20.0. The predicted octanol–water partition coefficient (Wildman–Crippen LogP) is 4.45. The molecule has 2 atom stereocenters. The number of hydrogen-bond donors (Lipinski definition) is 2. The molecular formula is C16H34O2. The highest BCUT2D eigenvalue weighted by atomic mass is 16.3. The second-order valence-electron chi connectivity index (χ2n) is 4.87. The molecule has 110 valence electrons. The van der Waals surface area contributed by atoms with E-state index < -0.39 is 12.2 Å². The molecule has 0 aromatic carbocycles. The summed E-state index contributed by atoms with van der Waals surface area (Å²) in [5.41, 5.74) is 0. The number of aliphatic hydroxyl groups excluding tert-OH is 2. The number of aliphatic hydroxyl groups is 2. The van der Waals surface area contributed by atoms with Crippen molar-refractivity contribution in [3.8, 4) is 0 Å². The van der Waals surface area contributed by atoms with Crippen molar-refractivity contribution in [3.05, 3.63) is 12.2 Å². The van der Waals surface area contributed by atoms with E-state index in [-0.39, 0.29) is 0 Å². The molecule has 0 amide bonds. The molecule has 0 rings (SSSR count). The Balaban J connectivity index is 0. The fraction of sp³-hybridized carbons (Fsp3) is 0.875. The summed E-state index contributed by atoms with van der Waals surface area (Å²) in [5.74, 6) is 0. The molecule has 0 aliphatic heterocycles. The molecule has 0 bridgehead atoms. The van der Waals surface area contributed by atoms with E-state index in [0.29, 0.717) is 0 Å². The van der Waals surface area contributed by atoms with Gasteiger partial charge in [-0.3, -0.25) is 0 Å². The Labute approximate surface area is 114 Å². The monoisotopic (exact) mass is 258 g/mol. The molecule has 2 nitrogen and oxygen atoms in total. The summed E-state index contributed by atoms with van der Waals surface area (Å²) in [7, 11) is 0. The largest absolute Gasteiger partial charge is 0.391 e. The number of unbranched alkanes of at least 4 members (excludes halogenated alkanes) is 5. The van der Waals surface area contributed by atoms with E-state index in [9.17, 15) is 0 Å². The molecule has 0 radical (unpaired) electrons. The quantitative estimate of drug-likeness (QED) is 0.474. The highest BCUT2D eigenvalue weighted by Crippen LogP contribution is 2.05. The minimum absolute atomic E-state index is 0.522. The number of hydrogen-bond acceptors (Lipinski definition) is 2. The third kappa shape index (κ3) is 18.0. The molecule has 0 aliphatic rings. The van der Waals surface area contributed by atoms with Crippen LogP contribution in [-0.4, -0.2) is 22.4 Å². The third-order valence-electron chi connectivity index (χ3n) is 2.87. The Bertz CT molecular complexity index is 164. The number of rotatable bonds is 9. The van der Waals surface area contributed by atoms with E-state index >= 15 is 0 Å². The van der Waals surface area contributed by atoms with Gasteiger partial charge in [-0.15, -0.1) is 0 Å². The molecule has 2 heteroatoms. The molecular weight excluding hydrogens is 224 g/mol. The lowest BCUT2D eigenvalue weighted by Gasteiger charge is -2.12. The van der Waals surface area contributed by atoms with Crippen molar-refractivity contribution < 1.29 is 10.2 Å². The summed E-state index contributed by atoms with van der Waals surface area (Å²) in [5, 5.41) is 18.0. The van der Waals surface area contributed by atoms with Gasteiger partial charge in [0, 0.05) is 0 Å². The van der Waals surface area contributed by atoms with Gasteiger partial charge in [-0.2, -0.15) is 0 Å². The molecule has 0 heterocycles. The van der Waals surface area contributed by atoms with Crippen molar-refractivity contribution in [1.82, 2.24) is 0 Å². The summed E-state index contributed by atoms with van der Waals surface area (Å²) in [6.07, 6.45) is 12.6. The van der Waals surface area contributed by atoms with Gasteiger partial charge in [-0.25, -0.2) is 0 Å². The second kappa shape index (κ2) is 16.7. The Kier molecular flexibility index (Phi) is 18.5. The van der Waals surface area contributed by atoms with Gasteiger partial charge in [-0.1, -0.05) is 58.1 Å². The SMILES string of the molecule is C/C=C/CCCCC.CCCCCC(O)C(C)O. The van der Waals surface area contributed by atoms with Crippen LogP contribution in [0.4, 0.5) is 0 Å². The average molecular weight is 258 g/mol. The van der Waals surface area contributed by atoms with Gasteiger partial charge < -0.3 is 10.2 Å². The summed E-state index contributed by atoms with van der Waals surface area (Å²) >= 11 is 0. The van der Waals surface area contributed by atoms with E-state index in [1.165, 1.54) is 25.7 Å². The maximum atomic E-state index is 9.10. The van der Waals surface area contributed by atoms with Crippen molar-refractivity contribution in [2.24, 2.45) is 0 Å². The van der Waals surface area contributed by atoms with Crippen LogP contribution in [-0.2, 0) is 0 Å². The lowest BCUT2D eigenvalue weighted by Crippen LogP contribution is -2.21. The van der Waals surface area contributed by atoms with Crippen LogP contribution in [0.3, 0.4) is 0 Å². The average Bonchev–Trinajstić information content (AvgIpc) is 2.35. The number of allylic oxidation sites excluding steroid dienone is 2. The van der Waals surface area contributed by atoms with Crippen LogP contribution >= 0.6 is 0 Å². The standard InChI is InChI=1S/C8H18O2.C8H16/c1-3-4-5-6-8(10)7(2)9;1-3-5-7-8-6-4-2/h7-10H,3-6H2,1-2H3;3,5H,4,6-8H2,1-2H3/b;5-3+. The molecule has 0 aromatic heterocycles. The Morgan fingerprint density at radius 1 is 0.944 bits per heavy atom. The molecule has 0 fully saturated rings. The maximum Gasteiger partial charge on any atom is 0.0796 e. The first-order valence-corrected chi connectivity index (χ1v) is 7.57. The molecule has 0 spiro atoms. The van der Waals surface area contributed by atoms with Crippen LogP contribution in [0.25, 0.3) is 0 Å². The summed E-state index contributed by atoms with van der Waals surface area (Å²) in [6, 6.07) is 0. The fourth-order valence-electron chi connectivity index (χ4n) is 1.52. The summed E-state index contributed by atoms with van der Waals surface area (Å²) in [4.78, 5) is 0. The molecule has 0 aromatic rings. The summed E-state index contributed by atoms with van der Waals surface area (Å²) < 4.78 is 0. The molecule has 18 heavy (non-hydrogen) atoms. The van der Waals surface area contributed by atoms with Crippen LogP contribution in [0.2, 0.25) is 0 Å². The smallest absolute Gasteiger partial charge is 0.0796 e. The van der Waals surface area contributed by atoms with E-state index in [1.54, 1.807) is 6.92 Å². The van der Waals surface area contributed by atoms with Crippen molar-refractivity contribution in [3.63, 3.8) is 0 Å². The van der Waals surface area contributed by atoms with Crippen molar-refractivity contribution in [2.75, 3.05) is 0 Å². The lowest BCUT2D eigenvalue weighted by atomic mass is 10.1. The van der Waals surface area contributed by atoms with Gasteiger partial charge in [0.05, 0.1) is 12.2 Å². The molecule has 0 saturated heterocycles. The Morgan fingerprint density at radius 2 is 1.50 bits per heavy atom. The van der Waals surface area contributed by atoms with Crippen LogP contribution in [0.15, 0.2) is 12.2 Å². The fourth-order valence-corrected chi connectivity index (χ4v) is 1.52. The van der Waals surface area contributed by atoms with Crippen LogP contribution in [0.1, 0.15) is 79.1 Å². The highest BCUT2D eigenvalue weighted by molar-refractivity contribution is 4.75. The zero-order chi connectivity index (χ0) is 14.2. The van der Waals surface area contributed by atoms with Gasteiger partial charge >= 0.3 is 0 Å². The minimum Gasteiger partial charge on any atom is -0.391 e. The first-order chi connectivity index (χ1) is 8.59. The lowest BCUT2D eigenvalue weighted by molar-refractivity contribution is 0.0247. The van der Waals surface area contributed by atoms with Gasteiger partial charge in [0.2, 0.25) is 0 Å². The van der Waals surface area contributed by atoms with Crippen molar-refractivity contribution in [1.29, 1.82) is 0 Å². The Hall–Kier alpha value is -0.340. The van der Waals surface area contributed by atoms with Crippen LogP contribution in [0.5, 0.6) is 0 Å². The molecule has 0 saturated carbocycles. The van der Waals surface area contributed by atoms with Gasteiger partial charge in [0.15, 0.2) is 0 Å². The predicted molar refractivity (Wildman–Crippen MR) is 80.8 cm³/mol. The molecule has 2 N–H and O–H groups in total. The van der Waals surface area contributed by atoms with Crippen molar-refractivity contribution >= 4 is 0 Å². The van der Waals surface area contributed by atoms with E-state index in [2.05, 4.69) is 32.9 Å². The van der Waals surface area contributed by atoms with Gasteiger partial charge in [0.1, 0.15) is 0 Å². The van der Waals surface area contributed by atoms with E-state index in [4.69, 9.17) is 10.2 Å². The van der Waals surface area contributed by atoms with Gasteiger partial charge in [0.25, 0.3) is 0 Å². The zero-order valence-corrected chi connectivity index (χ0v) is 12.9. The molecule has 0 aliphatic carbocycles. The molecule has 2 unspecified atom stereocenters. The maximum absolute atomic E-state index is 9.10. The van der Waals surface area contributed by atoms with Crippen LogP contribution < -0.4 is 0 Å². The zero-order valence-electron chi connectivity index (χ0n) is 12.9.